The maximum atomic E-state index is 5.58. The lowest BCUT2D eigenvalue weighted by molar-refractivity contribution is 0.494. The van der Waals surface area contributed by atoms with Gasteiger partial charge >= 0.3 is 0 Å². The number of imidazole rings is 1. The molecule has 0 aliphatic carbocycles. The van der Waals surface area contributed by atoms with Crippen molar-refractivity contribution in [1.82, 2.24) is 9.55 Å². The van der Waals surface area contributed by atoms with Crippen molar-refractivity contribution in [1.29, 1.82) is 0 Å². The van der Waals surface area contributed by atoms with Crippen molar-refractivity contribution < 1.29 is 4.42 Å². The fraction of sp³-hybridized carbons (Fsp3) is 0.267. The van der Waals surface area contributed by atoms with Gasteiger partial charge in [-0.3, -0.25) is 0 Å². The number of fused-ring (bicyclic) bond motifs is 1. The lowest BCUT2D eigenvalue weighted by atomic mass is 10.1. The summed E-state index contributed by atoms with van der Waals surface area (Å²) in [6, 6.07) is 6.28. The summed E-state index contributed by atoms with van der Waals surface area (Å²) in [5.41, 5.74) is 11.3. The molecule has 0 amide bonds. The maximum absolute atomic E-state index is 5.58. The number of hydrogen-bond donors (Lipinski definition) is 1. The van der Waals surface area contributed by atoms with Gasteiger partial charge in [-0.25, -0.2) is 4.98 Å². The summed E-state index contributed by atoms with van der Waals surface area (Å²) < 4.78 is 7.60. The lowest BCUT2D eigenvalue weighted by Crippen LogP contribution is -1.97. The molecule has 0 radical (unpaired) electrons. The molecule has 19 heavy (non-hydrogen) atoms. The van der Waals surface area contributed by atoms with Crippen LogP contribution >= 0.6 is 0 Å². The Morgan fingerprint density at radius 3 is 2.74 bits per heavy atom. The van der Waals surface area contributed by atoms with Crippen molar-refractivity contribution in [3.05, 3.63) is 53.2 Å². The molecule has 0 fully saturated rings. The molecule has 0 bridgehead atoms. The van der Waals surface area contributed by atoms with E-state index in [-0.39, 0.29) is 0 Å². The maximum Gasteiger partial charge on any atom is 0.123 e. The molecule has 0 saturated heterocycles. The number of furan rings is 1. The van der Waals surface area contributed by atoms with E-state index in [4.69, 9.17) is 10.2 Å². The van der Waals surface area contributed by atoms with Crippen LogP contribution < -0.4 is 5.73 Å². The third-order valence-electron chi connectivity index (χ3n) is 3.51. The molecule has 0 atom stereocenters. The molecule has 3 aromatic rings. The zero-order valence-corrected chi connectivity index (χ0v) is 11.2. The van der Waals surface area contributed by atoms with Gasteiger partial charge in [0.05, 0.1) is 30.2 Å². The highest BCUT2D eigenvalue weighted by atomic mass is 16.3. The number of aromatic nitrogens is 2. The van der Waals surface area contributed by atoms with Crippen molar-refractivity contribution >= 4 is 11.0 Å². The Labute approximate surface area is 111 Å². The summed E-state index contributed by atoms with van der Waals surface area (Å²) in [6.07, 6.45) is 3.57. The minimum absolute atomic E-state index is 0.506. The van der Waals surface area contributed by atoms with Crippen LogP contribution in [0.5, 0.6) is 0 Å². The van der Waals surface area contributed by atoms with Gasteiger partial charge < -0.3 is 14.7 Å². The van der Waals surface area contributed by atoms with Crippen molar-refractivity contribution in [3.8, 4) is 0 Å². The van der Waals surface area contributed by atoms with Crippen molar-refractivity contribution in [2.45, 2.75) is 26.9 Å². The van der Waals surface area contributed by atoms with Crippen molar-refractivity contribution in [2.24, 2.45) is 5.73 Å². The van der Waals surface area contributed by atoms with Gasteiger partial charge in [-0.05, 0) is 43.2 Å². The van der Waals surface area contributed by atoms with Gasteiger partial charge in [-0.1, -0.05) is 0 Å². The zero-order valence-electron chi connectivity index (χ0n) is 11.2. The highest BCUT2D eigenvalue weighted by Crippen LogP contribution is 2.20. The first kappa shape index (κ1) is 12.0. The Balaban J connectivity index is 1.98. The van der Waals surface area contributed by atoms with Crippen LogP contribution in [0.15, 0.2) is 35.2 Å². The van der Waals surface area contributed by atoms with E-state index in [0.29, 0.717) is 13.1 Å². The molecular formula is C15H17N3O. The van der Waals surface area contributed by atoms with Crippen LogP contribution in [0.1, 0.15) is 22.5 Å². The fourth-order valence-electron chi connectivity index (χ4n) is 2.22. The molecule has 0 aliphatic rings. The predicted molar refractivity (Wildman–Crippen MR) is 74.9 cm³/mol. The van der Waals surface area contributed by atoms with Crippen LogP contribution in [-0.2, 0) is 13.1 Å². The molecule has 2 heterocycles. The van der Waals surface area contributed by atoms with Crippen LogP contribution in [0, 0.1) is 13.8 Å². The van der Waals surface area contributed by atoms with E-state index in [0.717, 1.165) is 22.4 Å². The Kier molecular flexibility index (Phi) is 2.87. The third kappa shape index (κ3) is 2.15. The van der Waals surface area contributed by atoms with E-state index in [1.54, 1.807) is 6.26 Å². The van der Waals surface area contributed by atoms with E-state index in [9.17, 15) is 0 Å². The summed E-state index contributed by atoms with van der Waals surface area (Å²) in [4.78, 5) is 4.44. The summed E-state index contributed by atoms with van der Waals surface area (Å²) in [6.45, 7) is 5.41. The van der Waals surface area contributed by atoms with Gasteiger partial charge in [0.15, 0.2) is 0 Å². The van der Waals surface area contributed by atoms with Crippen LogP contribution in [0.3, 0.4) is 0 Å². The average molecular weight is 255 g/mol. The molecule has 4 nitrogen and oxygen atoms in total. The molecule has 3 rings (SSSR count). The van der Waals surface area contributed by atoms with Gasteiger partial charge in [0.25, 0.3) is 0 Å². The second kappa shape index (κ2) is 4.55. The van der Waals surface area contributed by atoms with Gasteiger partial charge in [0, 0.05) is 12.1 Å². The SMILES string of the molecule is Cc1cc2ncn(Cc3cc(CN)co3)c2cc1C. The monoisotopic (exact) mass is 255 g/mol. The first-order valence-corrected chi connectivity index (χ1v) is 6.36. The van der Waals surface area contributed by atoms with Crippen molar-refractivity contribution in [2.75, 3.05) is 0 Å². The van der Waals surface area contributed by atoms with E-state index in [1.807, 2.05) is 12.4 Å². The van der Waals surface area contributed by atoms with Crippen LogP contribution in [0.25, 0.3) is 11.0 Å². The second-order valence-electron chi connectivity index (χ2n) is 4.92. The van der Waals surface area contributed by atoms with Crippen LogP contribution in [0.4, 0.5) is 0 Å². The number of hydrogen-bond acceptors (Lipinski definition) is 3. The largest absolute Gasteiger partial charge is 0.467 e. The standard InChI is InChI=1S/C15H17N3O/c1-10-3-14-15(4-11(10)2)18(9-17-14)7-13-5-12(6-16)8-19-13/h3-5,8-9H,6-7,16H2,1-2H3. The van der Waals surface area contributed by atoms with Crippen LogP contribution in [0.2, 0.25) is 0 Å². The van der Waals surface area contributed by atoms with Gasteiger partial charge in [-0.15, -0.1) is 0 Å². The summed E-state index contributed by atoms with van der Waals surface area (Å²) in [5.74, 6) is 0.901. The fourth-order valence-corrected chi connectivity index (χ4v) is 2.22. The molecule has 4 heteroatoms. The van der Waals surface area contributed by atoms with Crippen molar-refractivity contribution in [3.63, 3.8) is 0 Å². The number of nitrogens with zero attached hydrogens (tertiary/aromatic N) is 2. The number of benzene rings is 1. The summed E-state index contributed by atoms with van der Waals surface area (Å²) >= 11 is 0. The second-order valence-corrected chi connectivity index (χ2v) is 4.92. The Hall–Kier alpha value is -2.07. The number of nitrogens with two attached hydrogens (primary N) is 1. The highest BCUT2D eigenvalue weighted by molar-refractivity contribution is 5.77. The highest BCUT2D eigenvalue weighted by Gasteiger charge is 2.07. The first-order chi connectivity index (χ1) is 9.17. The van der Waals surface area contributed by atoms with E-state index in [2.05, 4.69) is 35.5 Å². The van der Waals surface area contributed by atoms with Gasteiger partial charge in [0.1, 0.15) is 5.76 Å². The molecule has 0 unspecified atom stereocenters. The van der Waals surface area contributed by atoms with E-state index >= 15 is 0 Å². The predicted octanol–water partition coefficient (Wildman–Crippen LogP) is 2.75. The third-order valence-corrected chi connectivity index (χ3v) is 3.51. The van der Waals surface area contributed by atoms with E-state index in [1.165, 1.54) is 11.1 Å². The first-order valence-electron chi connectivity index (χ1n) is 6.36. The zero-order chi connectivity index (χ0) is 13.4. The lowest BCUT2D eigenvalue weighted by Gasteiger charge is -2.04. The summed E-state index contributed by atoms with van der Waals surface area (Å²) in [5, 5.41) is 0. The average Bonchev–Trinajstić information content (AvgIpc) is 2.99. The topological polar surface area (TPSA) is 57.0 Å². The molecule has 2 N–H and O–H groups in total. The normalized spacial score (nSPS) is 11.3. The molecule has 1 aromatic carbocycles. The van der Waals surface area contributed by atoms with Gasteiger partial charge in [-0.2, -0.15) is 0 Å². The Morgan fingerprint density at radius 1 is 1.21 bits per heavy atom. The molecular weight excluding hydrogens is 238 g/mol. The summed E-state index contributed by atoms with van der Waals surface area (Å²) in [7, 11) is 0. The Morgan fingerprint density at radius 2 is 2.00 bits per heavy atom. The molecule has 98 valence electrons. The number of rotatable bonds is 3. The van der Waals surface area contributed by atoms with E-state index < -0.39 is 0 Å². The number of aryl methyl sites for hydroxylation is 2. The van der Waals surface area contributed by atoms with Crippen LogP contribution in [-0.4, -0.2) is 9.55 Å². The minimum Gasteiger partial charge on any atom is -0.467 e. The minimum atomic E-state index is 0.506. The molecule has 0 saturated carbocycles. The van der Waals surface area contributed by atoms with Gasteiger partial charge in [0.2, 0.25) is 0 Å². The quantitative estimate of drug-likeness (QED) is 0.783. The molecule has 0 aliphatic heterocycles. The molecule has 0 spiro atoms. The Bertz CT molecular complexity index is 724. The smallest absolute Gasteiger partial charge is 0.123 e. The molecule has 2 aromatic heterocycles.